The first-order valence-corrected chi connectivity index (χ1v) is 7.50. The Morgan fingerprint density at radius 1 is 1.32 bits per heavy atom. The molecule has 2 aromatic carbocycles. The molecule has 0 unspecified atom stereocenters. The summed E-state index contributed by atoms with van der Waals surface area (Å²) in [5.74, 6) is 0. The number of nitro groups is 1. The average Bonchev–Trinajstić information content (AvgIpc) is 2.61. The number of pyridine rings is 1. The van der Waals surface area contributed by atoms with Gasteiger partial charge in [-0.2, -0.15) is 5.26 Å². The van der Waals surface area contributed by atoms with Gasteiger partial charge in [0.2, 0.25) is 0 Å². The van der Waals surface area contributed by atoms with E-state index in [1.165, 1.54) is 18.3 Å². The van der Waals surface area contributed by atoms with Crippen LogP contribution in [0.2, 0.25) is 0 Å². The minimum absolute atomic E-state index is 0.0525. The largest absolute Gasteiger partial charge is 0.398 e. The fourth-order valence-corrected chi connectivity index (χ4v) is 2.85. The van der Waals surface area contributed by atoms with Crippen LogP contribution in [-0.2, 0) is 0 Å². The molecule has 1 aromatic heterocycles. The highest BCUT2D eigenvalue weighted by atomic mass is 16.6. The fraction of sp³-hybridized carbons (Fsp3) is 0.111. The van der Waals surface area contributed by atoms with E-state index < -0.39 is 4.92 Å². The standard InChI is InChI=1S/C18H15N5O2/c1-11-15(20)4-3-5-17(11)22(2)18-12(9-19)10-21-16-7-6-13(23(24)25)8-14(16)18/h3-8,10H,20H2,1-2H3. The number of nitro benzene ring substituents is 1. The van der Waals surface area contributed by atoms with Crippen molar-refractivity contribution in [2.75, 3.05) is 17.7 Å². The zero-order chi connectivity index (χ0) is 18.1. The Labute approximate surface area is 144 Å². The Hall–Kier alpha value is -3.66. The number of hydrogen-bond donors (Lipinski definition) is 1. The van der Waals surface area contributed by atoms with Crippen molar-refractivity contribution in [1.29, 1.82) is 5.26 Å². The van der Waals surface area contributed by atoms with Gasteiger partial charge in [0.25, 0.3) is 5.69 Å². The molecular weight excluding hydrogens is 318 g/mol. The van der Waals surface area contributed by atoms with Crippen LogP contribution in [0.25, 0.3) is 10.9 Å². The van der Waals surface area contributed by atoms with Crippen LogP contribution in [0.3, 0.4) is 0 Å². The van der Waals surface area contributed by atoms with Gasteiger partial charge in [-0.1, -0.05) is 6.07 Å². The third kappa shape index (κ3) is 2.70. The van der Waals surface area contributed by atoms with Crippen LogP contribution in [0.1, 0.15) is 11.1 Å². The maximum absolute atomic E-state index is 11.1. The van der Waals surface area contributed by atoms with Gasteiger partial charge in [-0.3, -0.25) is 15.1 Å². The summed E-state index contributed by atoms with van der Waals surface area (Å²) in [7, 11) is 1.80. The molecule has 0 saturated carbocycles. The Bertz CT molecular complexity index is 1040. The number of fused-ring (bicyclic) bond motifs is 1. The Kier molecular flexibility index (Phi) is 3.95. The van der Waals surface area contributed by atoms with Crippen molar-refractivity contribution in [2.45, 2.75) is 6.92 Å². The van der Waals surface area contributed by atoms with E-state index >= 15 is 0 Å². The van der Waals surface area contributed by atoms with Crippen LogP contribution in [0.15, 0.2) is 42.6 Å². The number of nitrogens with two attached hydrogens (primary N) is 1. The lowest BCUT2D eigenvalue weighted by Crippen LogP contribution is -2.14. The molecule has 0 spiro atoms. The van der Waals surface area contributed by atoms with Gasteiger partial charge in [0.05, 0.1) is 21.7 Å². The van der Waals surface area contributed by atoms with Gasteiger partial charge in [-0.05, 0) is 30.7 Å². The van der Waals surface area contributed by atoms with Crippen LogP contribution in [0.5, 0.6) is 0 Å². The number of nitrogen functional groups attached to an aromatic ring is 1. The monoisotopic (exact) mass is 333 g/mol. The molecule has 0 aliphatic heterocycles. The van der Waals surface area contributed by atoms with Crippen molar-refractivity contribution in [2.24, 2.45) is 0 Å². The Morgan fingerprint density at radius 2 is 2.08 bits per heavy atom. The summed E-state index contributed by atoms with van der Waals surface area (Å²) in [6.07, 6.45) is 1.47. The zero-order valence-electron chi connectivity index (χ0n) is 13.7. The molecule has 7 nitrogen and oxygen atoms in total. The van der Waals surface area contributed by atoms with Crippen molar-refractivity contribution in [3.63, 3.8) is 0 Å². The van der Waals surface area contributed by atoms with Crippen molar-refractivity contribution in [1.82, 2.24) is 4.98 Å². The third-order valence-electron chi connectivity index (χ3n) is 4.20. The lowest BCUT2D eigenvalue weighted by molar-refractivity contribution is -0.384. The number of rotatable bonds is 3. The first-order valence-electron chi connectivity index (χ1n) is 7.50. The van der Waals surface area contributed by atoms with Gasteiger partial charge in [-0.25, -0.2) is 0 Å². The number of aromatic nitrogens is 1. The lowest BCUT2D eigenvalue weighted by Gasteiger charge is -2.24. The second-order valence-electron chi connectivity index (χ2n) is 5.64. The summed E-state index contributed by atoms with van der Waals surface area (Å²) in [6.45, 7) is 1.89. The molecule has 0 atom stereocenters. The van der Waals surface area contributed by atoms with E-state index in [4.69, 9.17) is 5.73 Å². The molecule has 7 heteroatoms. The molecule has 0 aliphatic carbocycles. The zero-order valence-corrected chi connectivity index (χ0v) is 13.7. The Balaban J connectivity index is 2.32. The SMILES string of the molecule is Cc1c(N)cccc1N(C)c1c(C#N)cnc2ccc([N+](=O)[O-])cc12. The molecule has 0 aliphatic rings. The molecule has 0 amide bonds. The van der Waals surface area contributed by atoms with Gasteiger partial charge < -0.3 is 10.6 Å². The number of non-ortho nitro benzene ring substituents is 1. The van der Waals surface area contributed by atoms with Gasteiger partial charge in [0.15, 0.2) is 0 Å². The van der Waals surface area contributed by atoms with Crippen molar-refractivity contribution < 1.29 is 4.92 Å². The molecule has 3 rings (SSSR count). The van der Waals surface area contributed by atoms with E-state index in [2.05, 4.69) is 11.1 Å². The molecule has 2 N–H and O–H groups in total. The van der Waals surface area contributed by atoms with Gasteiger partial charge in [0, 0.05) is 42.1 Å². The molecule has 25 heavy (non-hydrogen) atoms. The highest BCUT2D eigenvalue weighted by Gasteiger charge is 2.18. The van der Waals surface area contributed by atoms with Crippen LogP contribution >= 0.6 is 0 Å². The molecule has 1 heterocycles. The minimum atomic E-state index is -0.464. The molecule has 124 valence electrons. The highest BCUT2D eigenvalue weighted by Crippen LogP contribution is 2.37. The van der Waals surface area contributed by atoms with Gasteiger partial charge >= 0.3 is 0 Å². The van der Waals surface area contributed by atoms with E-state index in [0.29, 0.717) is 27.8 Å². The molecular formula is C18H15N5O2. The van der Waals surface area contributed by atoms with Crippen molar-refractivity contribution in [3.05, 3.63) is 63.8 Å². The average molecular weight is 333 g/mol. The second-order valence-corrected chi connectivity index (χ2v) is 5.64. The van der Waals surface area contributed by atoms with Crippen LogP contribution in [-0.4, -0.2) is 17.0 Å². The molecule has 0 bridgehead atoms. The predicted octanol–water partition coefficient (Wildman–Crippen LogP) is 3.67. The number of anilines is 3. The number of nitriles is 1. The van der Waals surface area contributed by atoms with E-state index in [1.807, 2.05) is 24.0 Å². The highest BCUT2D eigenvalue weighted by molar-refractivity contribution is 5.98. The normalized spacial score (nSPS) is 10.4. The summed E-state index contributed by atoms with van der Waals surface area (Å²) in [6, 6.07) is 12.0. The summed E-state index contributed by atoms with van der Waals surface area (Å²) >= 11 is 0. The van der Waals surface area contributed by atoms with Gasteiger partial charge in [-0.15, -0.1) is 0 Å². The van der Waals surface area contributed by atoms with E-state index in [0.717, 1.165) is 11.3 Å². The van der Waals surface area contributed by atoms with Gasteiger partial charge in [0.1, 0.15) is 6.07 Å². The molecule has 0 radical (unpaired) electrons. The third-order valence-corrected chi connectivity index (χ3v) is 4.20. The summed E-state index contributed by atoms with van der Waals surface area (Å²) < 4.78 is 0. The van der Waals surface area contributed by atoms with E-state index in [9.17, 15) is 15.4 Å². The topological polar surface area (TPSA) is 109 Å². The van der Waals surface area contributed by atoms with Crippen molar-refractivity contribution >= 4 is 33.7 Å². The second kappa shape index (κ2) is 6.09. The smallest absolute Gasteiger partial charge is 0.270 e. The van der Waals surface area contributed by atoms with E-state index in [-0.39, 0.29) is 5.69 Å². The minimum Gasteiger partial charge on any atom is -0.398 e. The Morgan fingerprint density at radius 3 is 2.76 bits per heavy atom. The first kappa shape index (κ1) is 16.2. The quantitative estimate of drug-likeness (QED) is 0.445. The molecule has 0 saturated heterocycles. The predicted molar refractivity (Wildman–Crippen MR) is 96.8 cm³/mol. The fourth-order valence-electron chi connectivity index (χ4n) is 2.85. The number of nitrogens with zero attached hydrogens (tertiary/aromatic N) is 4. The molecule has 0 fully saturated rings. The molecule has 3 aromatic rings. The maximum atomic E-state index is 11.1. The van der Waals surface area contributed by atoms with Crippen LogP contribution in [0, 0.1) is 28.4 Å². The summed E-state index contributed by atoms with van der Waals surface area (Å²) in [5.41, 5.74) is 9.72. The number of hydrogen-bond acceptors (Lipinski definition) is 6. The van der Waals surface area contributed by atoms with Crippen molar-refractivity contribution in [3.8, 4) is 6.07 Å². The maximum Gasteiger partial charge on any atom is 0.270 e. The summed E-state index contributed by atoms with van der Waals surface area (Å²) in [5, 5.41) is 21.2. The lowest BCUT2D eigenvalue weighted by atomic mass is 10.1. The first-order chi connectivity index (χ1) is 11.9. The summed E-state index contributed by atoms with van der Waals surface area (Å²) in [4.78, 5) is 16.7. The van der Waals surface area contributed by atoms with Crippen LogP contribution < -0.4 is 10.6 Å². The number of benzene rings is 2. The van der Waals surface area contributed by atoms with Crippen LogP contribution in [0.4, 0.5) is 22.7 Å². The van der Waals surface area contributed by atoms with E-state index in [1.54, 1.807) is 19.2 Å².